The standard InChI is InChI=1S/C22H22F2N4O3/c1-3-31-22(30)17-13-28(15-6-4-14(23)5-7-15)20-16(19(17)29)12-18(24)21(25-20)27-10-8-26(2)9-11-27/h4-7,12-13H,3,8-11H2,1-2H3. The summed E-state index contributed by atoms with van der Waals surface area (Å²) in [5.74, 6) is -1.74. The molecule has 0 N–H and O–H groups in total. The number of hydrogen-bond acceptors (Lipinski definition) is 6. The summed E-state index contributed by atoms with van der Waals surface area (Å²) in [6.45, 7) is 4.40. The molecule has 2 aromatic heterocycles. The maximum absolute atomic E-state index is 15.0. The molecule has 7 nitrogen and oxygen atoms in total. The van der Waals surface area contributed by atoms with Crippen molar-refractivity contribution in [3.05, 3.63) is 63.9 Å². The van der Waals surface area contributed by atoms with Gasteiger partial charge in [-0.05, 0) is 44.3 Å². The molecular weight excluding hydrogens is 406 g/mol. The topological polar surface area (TPSA) is 67.7 Å². The molecule has 0 saturated carbocycles. The Morgan fingerprint density at radius 1 is 1.13 bits per heavy atom. The van der Waals surface area contributed by atoms with Crippen molar-refractivity contribution in [3.63, 3.8) is 0 Å². The van der Waals surface area contributed by atoms with Crippen LogP contribution in [0, 0.1) is 11.6 Å². The number of anilines is 1. The average molecular weight is 428 g/mol. The van der Waals surface area contributed by atoms with Crippen molar-refractivity contribution in [2.45, 2.75) is 6.92 Å². The molecule has 0 bridgehead atoms. The molecule has 9 heteroatoms. The van der Waals surface area contributed by atoms with Gasteiger partial charge in [-0.2, -0.15) is 0 Å². The molecular formula is C22H22F2N4O3. The van der Waals surface area contributed by atoms with Gasteiger partial charge in [0, 0.05) is 38.1 Å². The van der Waals surface area contributed by atoms with E-state index in [1.54, 1.807) is 6.92 Å². The normalized spacial score (nSPS) is 14.8. The summed E-state index contributed by atoms with van der Waals surface area (Å²) < 4.78 is 35.0. The fourth-order valence-corrected chi connectivity index (χ4v) is 3.61. The maximum atomic E-state index is 15.0. The number of halogens is 2. The molecule has 1 aromatic carbocycles. The number of nitrogens with zero attached hydrogens (tertiary/aromatic N) is 4. The van der Waals surface area contributed by atoms with Crippen LogP contribution in [0.3, 0.4) is 0 Å². The number of likely N-dealkylation sites (N-methyl/N-ethyl adjacent to an activating group) is 1. The zero-order chi connectivity index (χ0) is 22.1. The summed E-state index contributed by atoms with van der Waals surface area (Å²) in [5.41, 5.74) is -0.254. The third kappa shape index (κ3) is 4.00. The Hall–Kier alpha value is -3.33. The zero-order valence-electron chi connectivity index (χ0n) is 17.3. The molecule has 0 unspecified atom stereocenters. The van der Waals surface area contributed by atoms with Crippen molar-refractivity contribution in [2.24, 2.45) is 0 Å². The highest BCUT2D eigenvalue weighted by Gasteiger charge is 2.23. The summed E-state index contributed by atoms with van der Waals surface area (Å²) in [6, 6.07) is 6.62. The van der Waals surface area contributed by atoms with Gasteiger partial charge in [0.25, 0.3) is 0 Å². The quantitative estimate of drug-likeness (QED) is 0.595. The number of rotatable bonds is 4. The first-order chi connectivity index (χ1) is 14.9. The van der Waals surface area contributed by atoms with Gasteiger partial charge in [-0.1, -0.05) is 0 Å². The molecule has 1 fully saturated rings. The van der Waals surface area contributed by atoms with Gasteiger partial charge in [-0.25, -0.2) is 18.6 Å². The number of hydrogen-bond donors (Lipinski definition) is 0. The molecule has 1 aliphatic heterocycles. The van der Waals surface area contributed by atoms with E-state index >= 15 is 4.39 Å². The molecule has 0 spiro atoms. The monoisotopic (exact) mass is 428 g/mol. The number of piperazine rings is 1. The summed E-state index contributed by atoms with van der Waals surface area (Å²) >= 11 is 0. The SMILES string of the molecule is CCOC(=O)c1cn(-c2ccc(F)cc2)c2nc(N3CCN(C)CC3)c(F)cc2c1=O. The lowest BCUT2D eigenvalue weighted by molar-refractivity contribution is 0.0524. The predicted octanol–water partition coefficient (Wildman–Crippen LogP) is 2.59. The van der Waals surface area contributed by atoms with Crippen LogP contribution in [-0.2, 0) is 4.74 Å². The molecule has 0 radical (unpaired) electrons. The number of aromatic nitrogens is 2. The Bertz CT molecular complexity index is 1190. The third-order valence-electron chi connectivity index (χ3n) is 5.32. The van der Waals surface area contributed by atoms with Gasteiger partial charge < -0.3 is 19.1 Å². The number of carbonyl (C=O) groups excluding carboxylic acids is 1. The molecule has 1 aliphatic rings. The van der Waals surface area contributed by atoms with Gasteiger partial charge in [0.2, 0.25) is 5.43 Å². The number of esters is 1. The number of benzene rings is 1. The second kappa shape index (κ2) is 8.43. The van der Waals surface area contributed by atoms with Crippen LogP contribution < -0.4 is 10.3 Å². The lowest BCUT2D eigenvalue weighted by atomic mass is 10.1. The smallest absolute Gasteiger partial charge is 0.343 e. The molecule has 0 atom stereocenters. The first-order valence-corrected chi connectivity index (χ1v) is 10.0. The number of fused-ring (bicyclic) bond motifs is 1. The molecule has 1 saturated heterocycles. The zero-order valence-corrected chi connectivity index (χ0v) is 17.3. The summed E-state index contributed by atoms with van der Waals surface area (Å²) in [5, 5.41) is -0.0507. The largest absolute Gasteiger partial charge is 0.462 e. The maximum Gasteiger partial charge on any atom is 0.343 e. The van der Waals surface area contributed by atoms with Crippen LogP contribution in [0.15, 0.2) is 41.3 Å². The van der Waals surface area contributed by atoms with Crippen LogP contribution in [-0.4, -0.2) is 60.3 Å². The van der Waals surface area contributed by atoms with E-state index in [0.29, 0.717) is 18.8 Å². The van der Waals surface area contributed by atoms with Crippen molar-refractivity contribution < 1.29 is 18.3 Å². The average Bonchev–Trinajstić information content (AvgIpc) is 2.76. The van der Waals surface area contributed by atoms with Crippen LogP contribution in [0.25, 0.3) is 16.7 Å². The van der Waals surface area contributed by atoms with E-state index in [1.165, 1.54) is 35.0 Å². The van der Waals surface area contributed by atoms with Gasteiger partial charge in [0.1, 0.15) is 11.4 Å². The van der Waals surface area contributed by atoms with Crippen molar-refractivity contribution in [1.29, 1.82) is 0 Å². The molecule has 31 heavy (non-hydrogen) atoms. The van der Waals surface area contributed by atoms with Gasteiger partial charge in [-0.3, -0.25) is 4.79 Å². The predicted molar refractivity (Wildman–Crippen MR) is 113 cm³/mol. The van der Waals surface area contributed by atoms with Crippen molar-refractivity contribution in [2.75, 3.05) is 44.7 Å². The second-order valence-electron chi connectivity index (χ2n) is 7.39. The first-order valence-electron chi connectivity index (χ1n) is 10.0. The van der Waals surface area contributed by atoms with Crippen LogP contribution in [0.5, 0.6) is 0 Å². The Labute approximate surface area is 177 Å². The fourth-order valence-electron chi connectivity index (χ4n) is 3.61. The second-order valence-corrected chi connectivity index (χ2v) is 7.39. The van der Waals surface area contributed by atoms with E-state index < -0.39 is 23.0 Å². The van der Waals surface area contributed by atoms with Crippen LogP contribution in [0.1, 0.15) is 17.3 Å². The van der Waals surface area contributed by atoms with E-state index in [2.05, 4.69) is 9.88 Å². The Balaban J connectivity index is 1.95. The van der Waals surface area contributed by atoms with E-state index in [1.807, 2.05) is 11.9 Å². The van der Waals surface area contributed by atoms with Crippen LogP contribution in [0.2, 0.25) is 0 Å². The summed E-state index contributed by atoms with van der Waals surface area (Å²) in [6.07, 6.45) is 1.31. The van der Waals surface area contributed by atoms with E-state index in [9.17, 15) is 14.0 Å². The van der Waals surface area contributed by atoms with Crippen molar-refractivity contribution >= 4 is 22.8 Å². The molecule has 3 aromatic rings. The van der Waals surface area contributed by atoms with E-state index in [0.717, 1.165) is 19.2 Å². The highest BCUT2D eigenvalue weighted by atomic mass is 19.1. The molecule has 0 amide bonds. The number of ether oxygens (including phenoxy) is 1. The van der Waals surface area contributed by atoms with E-state index in [4.69, 9.17) is 4.74 Å². The molecule has 0 aliphatic carbocycles. The van der Waals surface area contributed by atoms with Gasteiger partial charge in [0.15, 0.2) is 17.3 Å². The van der Waals surface area contributed by atoms with Gasteiger partial charge >= 0.3 is 5.97 Å². The number of pyridine rings is 2. The third-order valence-corrected chi connectivity index (χ3v) is 5.32. The molecule has 4 rings (SSSR count). The van der Waals surface area contributed by atoms with Crippen LogP contribution in [0.4, 0.5) is 14.6 Å². The van der Waals surface area contributed by atoms with Gasteiger partial charge in [0.05, 0.1) is 12.0 Å². The molecule has 3 heterocycles. The Morgan fingerprint density at radius 3 is 2.45 bits per heavy atom. The highest BCUT2D eigenvalue weighted by Crippen LogP contribution is 2.24. The van der Waals surface area contributed by atoms with Gasteiger partial charge in [-0.15, -0.1) is 0 Å². The minimum absolute atomic E-state index is 0.0507. The first kappa shape index (κ1) is 20.9. The lowest BCUT2D eigenvalue weighted by Gasteiger charge is -2.33. The van der Waals surface area contributed by atoms with Crippen molar-refractivity contribution in [3.8, 4) is 5.69 Å². The lowest BCUT2D eigenvalue weighted by Crippen LogP contribution is -2.45. The Morgan fingerprint density at radius 2 is 1.81 bits per heavy atom. The fraction of sp³-hybridized carbons (Fsp3) is 0.318. The minimum Gasteiger partial charge on any atom is -0.462 e. The minimum atomic E-state index is -0.811. The van der Waals surface area contributed by atoms with Crippen molar-refractivity contribution in [1.82, 2.24) is 14.5 Å². The van der Waals surface area contributed by atoms with E-state index in [-0.39, 0.29) is 29.0 Å². The number of carbonyl (C=O) groups is 1. The Kier molecular flexibility index (Phi) is 5.69. The summed E-state index contributed by atoms with van der Waals surface area (Å²) in [4.78, 5) is 33.8. The summed E-state index contributed by atoms with van der Waals surface area (Å²) in [7, 11) is 1.99. The molecule has 162 valence electrons. The highest BCUT2D eigenvalue weighted by molar-refractivity contribution is 5.93. The van der Waals surface area contributed by atoms with Crippen LogP contribution >= 0.6 is 0 Å².